The number of fused-ring (bicyclic) bond motifs is 1. The van der Waals surface area contributed by atoms with Crippen molar-refractivity contribution in [1.82, 2.24) is 20.4 Å². The van der Waals surface area contributed by atoms with Crippen LogP contribution in [0.2, 0.25) is 0 Å². The third kappa shape index (κ3) is 3.49. The van der Waals surface area contributed by atoms with Gasteiger partial charge in [-0.2, -0.15) is 5.10 Å². The number of hydrogen-bond acceptors (Lipinski definition) is 3. The van der Waals surface area contributed by atoms with Crippen molar-refractivity contribution in [2.45, 2.75) is 38.6 Å². The molecule has 2 amide bonds. The van der Waals surface area contributed by atoms with E-state index in [0.29, 0.717) is 19.5 Å². The number of urea groups is 1. The van der Waals surface area contributed by atoms with Gasteiger partial charge in [-0.1, -0.05) is 0 Å². The van der Waals surface area contributed by atoms with Crippen molar-refractivity contribution in [3.05, 3.63) is 17.0 Å². The summed E-state index contributed by atoms with van der Waals surface area (Å²) in [4.78, 5) is 23.8. The zero-order valence-corrected chi connectivity index (χ0v) is 11.6. The largest absolute Gasteiger partial charge is 0.481 e. The summed E-state index contributed by atoms with van der Waals surface area (Å²) in [6, 6.07) is -0.204. The summed E-state index contributed by atoms with van der Waals surface area (Å²) in [5.41, 5.74) is 3.37. The Morgan fingerprint density at radius 3 is 3.00 bits per heavy atom. The van der Waals surface area contributed by atoms with Crippen LogP contribution in [0, 0.1) is 0 Å². The predicted octanol–water partition coefficient (Wildman–Crippen LogP) is 0.905. The van der Waals surface area contributed by atoms with E-state index in [1.165, 1.54) is 11.3 Å². The fourth-order valence-corrected chi connectivity index (χ4v) is 2.39. The van der Waals surface area contributed by atoms with Crippen LogP contribution in [0.3, 0.4) is 0 Å². The van der Waals surface area contributed by atoms with Crippen molar-refractivity contribution < 1.29 is 14.7 Å². The number of aliphatic carboxylic acids is 1. The molecule has 1 aliphatic rings. The molecule has 0 aliphatic heterocycles. The van der Waals surface area contributed by atoms with Crippen LogP contribution in [0.25, 0.3) is 0 Å². The fourth-order valence-electron chi connectivity index (χ4n) is 2.39. The fraction of sp³-hybridized carbons (Fsp3) is 0.615. The number of rotatable bonds is 6. The van der Waals surface area contributed by atoms with Crippen molar-refractivity contribution in [3.8, 4) is 0 Å². The van der Waals surface area contributed by atoms with Crippen LogP contribution in [-0.4, -0.2) is 45.8 Å². The monoisotopic (exact) mass is 280 g/mol. The Morgan fingerprint density at radius 1 is 1.45 bits per heavy atom. The molecule has 7 nitrogen and oxygen atoms in total. The van der Waals surface area contributed by atoms with Crippen molar-refractivity contribution >= 4 is 12.0 Å². The Kier molecular flexibility index (Phi) is 4.60. The number of nitrogens with zero attached hydrogens (tertiary/aromatic N) is 2. The van der Waals surface area contributed by atoms with Crippen LogP contribution in [0.15, 0.2) is 0 Å². The predicted molar refractivity (Wildman–Crippen MR) is 72.3 cm³/mol. The first-order chi connectivity index (χ1) is 9.58. The van der Waals surface area contributed by atoms with Gasteiger partial charge >= 0.3 is 12.0 Å². The maximum absolute atomic E-state index is 11.8. The molecular formula is C13H20N4O3. The van der Waals surface area contributed by atoms with Crippen molar-refractivity contribution in [3.63, 3.8) is 0 Å². The van der Waals surface area contributed by atoms with Crippen LogP contribution < -0.4 is 5.32 Å². The number of hydrogen-bond donors (Lipinski definition) is 3. The van der Waals surface area contributed by atoms with E-state index in [1.807, 2.05) is 0 Å². The summed E-state index contributed by atoms with van der Waals surface area (Å²) in [6.45, 7) is 0.838. The Bertz CT molecular complexity index is 498. The molecule has 1 aromatic rings. The van der Waals surface area contributed by atoms with E-state index >= 15 is 0 Å². The molecule has 0 unspecified atom stereocenters. The number of carboxylic acids is 1. The van der Waals surface area contributed by atoms with E-state index in [0.717, 1.165) is 25.0 Å². The van der Waals surface area contributed by atoms with Gasteiger partial charge in [-0.25, -0.2) is 4.79 Å². The molecule has 0 saturated carbocycles. The molecule has 2 rings (SSSR count). The molecule has 110 valence electrons. The number of aryl methyl sites for hydroxylation is 1. The van der Waals surface area contributed by atoms with Gasteiger partial charge in [0.15, 0.2) is 0 Å². The molecule has 0 aromatic carbocycles. The second-order valence-electron chi connectivity index (χ2n) is 5.07. The lowest BCUT2D eigenvalue weighted by molar-refractivity contribution is -0.137. The first-order valence-corrected chi connectivity index (χ1v) is 6.83. The molecule has 0 radical (unpaired) electrons. The summed E-state index contributed by atoms with van der Waals surface area (Å²) < 4.78 is 0. The minimum absolute atomic E-state index is 0.0663. The van der Waals surface area contributed by atoms with Gasteiger partial charge in [0.2, 0.25) is 0 Å². The minimum atomic E-state index is -0.848. The summed E-state index contributed by atoms with van der Waals surface area (Å²) in [5, 5.41) is 18.5. The van der Waals surface area contributed by atoms with Crippen molar-refractivity contribution in [2.75, 3.05) is 13.6 Å². The van der Waals surface area contributed by atoms with E-state index < -0.39 is 5.97 Å². The number of aromatic nitrogens is 2. The van der Waals surface area contributed by atoms with E-state index in [2.05, 4.69) is 15.5 Å². The molecule has 1 aliphatic carbocycles. The topological polar surface area (TPSA) is 98.3 Å². The Balaban J connectivity index is 1.77. The van der Waals surface area contributed by atoms with Gasteiger partial charge in [0, 0.05) is 25.7 Å². The number of H-pyrrole nitrogens is 1. The van der Waals surface area contributed by atoms with Crippen molar-refractivity contribution in [1.29, 1.82) is 0 Å². The molecule has 1 aromatic heterocycles. The SMILES string of the molecule is CN(Cc1n[nH]c2c1CCC2)C(=O)NCCCC(=O)O. The number of carbonyl (C=O) groups excluding carboxylic acids is 1. The van der Waals surface area contributed by atoms with Gasteiger partial charge in [-0.3, -0.25) is 9.89 Å². The normalized spacial score (nSPS) is 13.1. The van der Waals surface area contributed by atoms with E-state index in [9.17, 15) is 9.59 Å². The third-order valence-corrected chi connectivity index (χ3v) is 3.47. The third-order valence-electron chi connectivity index (χ3n) is 3.47. The van der Waals surface area contributed by atoms with Gasteiger partial charge < -0.3 is 15.3 Å². The molecule has 3 N–H and O–H groups in total. The average molecular weight is 280 g/mol. The number of nitrogens with one attached hydrogen (secondary N) is 2. The van der Waals surface area contributed by atoms with Crippen LogP contribution >= 0.6 is 0 Å². The first-order valence-electron chi connectivity index (χ1n) is 6.83. The second-order valence-corrected chi connectivity index (χ2v) is 5.07. The molecule has 0 spiro atoms. The summed E-state index contributed by atoms with van der Waals surface area (Å²) >= 11 is 0. The molecule has 20 heavy (non-hydrogen) atoms. The van der Waals surface area contributed by atoms with Gasteiger partial charge in [-0.15, -0.1) is 0 Å². The Morgan fingerprint density at radius 2 is 2.25 bits per heavy atom. The summed E-state index contributed by atoms with van der Waals surface area (Å²) in [7, 11) is 1.71. The van der Waals surface area contributed by atoms with Gasteiger partial charge in [-0.05, 0) is 31.2 Å². The lowest BCUT2D eigenvalue weighted by Crippen LogP contribution is -2.37. The number of aromatic amines is 1. The van der Waals surface area contributed by atoms with E-state index in [-0.39, 0.29) is 12.5 Å². The van der Waals surface area contributed by atoms with Crippen LogP contribution in [0.5, 0.6) is 0 Å². The highest BCUT2D eigenvalue weighted by atomic mass is 16.4. The molecule has 7 heteroatoms. The van der Waals surface area contributed by atoms with Crippen LogP contribution in [-0.2, 0) is 24.2 Å². The van der Waals surface area contributed by atoms with Gasteiger partial charge in [0.25, 0.3) is 0 Å². The summed E-state index contributed by atoms with van der Waals surface area (Å²) in [6.07, 6.45) is 3.70. The zero-order valence-electron chi connectivity index (χ0n) is 11.6. The highest BCUT2D eigenvalue weighted by Crippen LogP contribution is 2.23. The molecule has 0 bridgehead atoms. The molecule has 1 heterocycles. The smallest absolute Gasteiger partial charge is 0.317 e. The quantitative estimate of drug-likeness (QED) is 0.674. The highest BCUT2D eigenvalue weighted by molar-refractivity contribution is 5.74. The molecule has 0 fully saturated rings. The maximum atomic E-state index is 11.8. The second kappa shape index (κ2) is 6.40. The number of amides is 2. The number of carboxylic acid groups (broad SMARTS) is 1. The Labute approximate surface area is 117 Å². The average Bonchev–Trinajstić information content (AvgIpc) is 2.99. The van der Waals surface area contributed by atoms with Crippen LogP contribution in [0.1, 0.15) is 36.2 Å². The van der Waals surface area contributed by atoms with Gasteiger partial charge in [0.1, 0.15) is 0 Å². The molecular weight excluding hydrogens is 260 g/mol. The van der Waals surface area contributed by atoms with E-state index in [1.54, 1.807) is 11.9 Å². The van der Waals surface area contributed by atoms with Crippen molar-refractivity contribution in [2.24, 2.45) is 0 Å². The molecule has 0 saturated heterocycles. The van der Waals surface area contributed by atoms with Crippen LogP contribution in [0.4, 0.5) is 4.79 Å². The molecule has 0 atom stereocenters. The standard InChI is InChI=1S/C13H20N4O3/c1-17(13(20)14-7-3-6-12(18)19)8-11-9-4-2-5-10(9)15-16-11/h2-8H2,1H3,(H,14,20)(H,15,16)(H,18,19). The zero-order chi connectivity index (χ0) is 14.5. The van der Waals surface area contributed by atoms with Gasteiger partial charge in [0.05, 0.1) is 12.2 Å². The first kappa shape index (κ1) is 14.4. The maximum Gasteiger partial charge on any atom is 0.317 e. The summed E-state index contributed by atoms with van der Waals surface area (Å²) in [5.74, 6) is -0.848. The highest BCUT2D eigenvalue weighted by Gasteiger charge is 2.20. The van der Waals surface area contributed by atoms with E-state index in [4.69, 9.17) is 5.11 Å². The minimum Gasteiger partial charge on any atom is -0.481 e. The lowest BCUT2D eigenvalue weighted by atomic mass is 10.2. The lowest BCUT2D eigenvalue weighted by Gasteiger charge is -2.17. The Hall–Kier alpha value is -2.05. The number of carbonyl (C=O) groups is 2.